The van der Waals surface area contributed by atoms with Crippen LogP contribution in [0, 0.1) is 0 Å². The average Bonchev–Trinajstić information content (AvgIpc) is 2.35. The lowest BCUT2D eigenvalue weighted by Gasteiger charge is -2.31. The maximum Gasteiger partial charge on any atom is 0.0920 e. The first-order valence-corrected chi connectivity index (χ1v) is 6.99. The van der Waals surface area contributed by atoms with Gasteiger partial charge in [0.2, 0.25) is 0 Å². The van der Waals surface area contributed by atoms with Gasteiger partial charge in [-0.15, -0.1) is 11.8 Å². The first-order valence-electron chi connectivity index (χ1n) is 5.63. The molecule has 1 N–H and O–H groups in total. The SMILES string of the molecule is CCC(C)(OC)C(O)CSc1cccc(Cl)c1. The van der Waals surface area contributed by atoms with E-state index in [0.717, 1.165) is 16.3 Å². The van der Waals surface area contributed by atoms with Crippen molar-refractivity contribution >= 4 is 23.4 Å². The molecule has 0 aliphatic heterocycles. The Labute approximate surface area is 112 Å². The van der Waals surface area contributed by atoms with Crippen molar-refractivity contribution < 1.29 is 9.84 Å². The predicted molar refractivity (Wildman–Crippen MR) is 73.9 cm³/mol. The van der Waals surface area contributed by atoms with E-state index in [1.807, 2.05) is 38.1 Å². The predicted octanol–water partition coefficient (Wildman–Crippen LogP) is 3.61. The van der Waals surface area contributed by atoms with E-state index in [4.69, 9.17) is 16.3 Å². The first-order chi connectivity index (χ1) is 8.01. The zero-order chi connectivity index (χ0) is 12.9. The largest absolute Gasteiger partial charge is 0.389 e. The Hall–Kier alpha value is -0.220. The lowest BCUT2D eigenvalue weighted by Crippen LogP contribution is -2.42. The number of thioether (sulfide) groups is 1. The summed E-state index contributed by atoms with van der Waals surface area (Å²) in [5.74, 6) is 0.596. The molecule has 4 heteroatoms. The van der Waals surface area contributed by atoms with Gasteiger partial charge in [0.1, 0.15) is 0 Å². The van der Waals surface area contributed by atoms with Crippen molar-refractivity contribution in [2.45, 2.75) is 36.9 Å². The van der Waals surface area contributed by atoms with Gasteiger partial charge >= 0.3 is 0 Å². The topological polar surface area (TPSA) is 29.5 Å². The lowest BCUT2D eigenvalue weighted by atomic mass is 9.97. The Balaban J connectivity index is 2.56. The van der Waals surface area contributed by atoms with Crippen molar-refractivity contribution in [2.75, 3.05) is 12.9 Å². The molecule has 0 radical (unpaired) electrons. The third kappa shape index (κ3) is 4.18. The summed E-state index contributed by atoms with van der Waals surface area (Å²) in [6.45, 7) is 3.94. The van der Waals surface area contributed by atoms with Gasteiger partial charge in [-0.3, -0.25) is 0 Å². The molecular weight excluding hydrogens is 256 g/mol. The van der Waals surface area contributed by atoms with Crippen LogP contribution in [0.25, 0.3) is 0 Å². The highest BCUT2D eigenvalue weighted by molar-refractivity contribution is 7.99. The van der Waals surface area contributed by atoms with E-state index in [0.29, 0.717) is 5.75 Å². The minimum atomic E-state index is -0.499. The van der Waals surface area contributed by atoms with Crippen molar-refractivity contribution in [3.63, 3.8) is 0 Å². The minimum Gasteiger partial charge on any atom is -0.389 e. The number of rotatable bonds is 6. The molecule has 17 heavy (non-hydrogen) atoms. The van der Waals surface area contributed by atoms with Crippen LogP contribution in [0.2, 0.25) is 5.02 Å². The zero-order valence-electron chi connectivity index (χ0n) is 10.4. The summed E-state index contributed by atoms with van der Waals surface area (Å²) in [5, 5.41) is 10.8. The van der Waals surface area contributed by atoms with Gasteiger partial charge in [0.25, 0.3) is 0 Å². The maximum atomic E-state index is 10.1. The monoisotopic (exact) mass is 274 g/mol. The second kappa shape index (κ2) is 6.64. The van der Waals surface area contributed by atoms with E-state index in [9.17, 15) is 5.11 Å². The Kier molecular flexibility index (Phi) is 5.80. The van der Waals surface area contributed by atoms with E-state index < -0.39 is 11.7 Å². The van der Waals surface area contributed by atoms with E-state index >= 15 is 0 Å². The van der Waals surface area contributed by atoms with Gasteiger partial charge in [-0.1, -0.05) is 24.6 Å². The van der Waals surface area contributed by atoms with Gasteiger partial charge in [0.05, 0.1) is 11.7 Å². The molecule has 2 nitrogen and oxygen atoms in total. The summed E-state index contributed by atoms with van der Waals surface area (Å²) in [7, 11) is 1.64. The van der Waals surface area contributed by atoms with Crippen LogP contribution in [-0.2, 0) is 4.74 Å². The molecule has 0 fully saturated rings. The summed E-state index contributed by atoms with van der Waals surface area (Å²) in [6.07, 6.45) is 0.280. The van der Waals surface area contributed by atoms with Crippen molar-refractivity contribution in [1.29, 1.82) is 0 Å². The van der Waals surface area contributed by atoms with Gasteiger partial charge < -0.3 is 9.84 Å². The van der Waals surface area contributed by atoms with Gasteiger partial charge in [-0.2, -0.15) is 0 Å². The molecule has 0 bridgehead atoms. The third-order valence-corrected chi connectivity index (χ3v) is 4.38. The molecule has 1 aromatic rings. The number of ether oxygens (including phenoxy) is 1. The van der Waals surface area contributed by atoms with E-state index in [1.54, 1.807) is 18.9 Å². The summed E-state index contributed by atoms with van der Waals surface area (Å²) in [6, 6.07) is 7.63. The highest BCUT2D eigenvalue weighted by Crippen LogP contribution is 2.27. The van der Waals surface area contributed by atoms with Crippen molar-refractivity contribution in [2.24, 2.45) is 0 Å². The van der Waals surface area contributed by atoms with Crippen LogP contribution in [0.1, 0.15) is 20.3 Å². The van der Waals surface area contributed by atoms with E-state index in [2.05, 4.69) is 0 Å². The number of hydrogen-bond acceptors (Lipinski definition) is 3. The molecule has 2 unspecified atom stereocenters. The standard InChI is InChI=1S/C13H19ClO2S/c1-4-13(2,16-3)12(15)9-17-11-7-5-6-10(14)8-11/h5-8,12,15H,4,9H2,1-3H3. The molecule has 0 heterocycles. The average molecular weight is 275 g/mol. The fourth-order valence-electron chi connectivity index (χ4n) is 1.42. The summed E-state index contributed by atoms with van der Waals surface area (Å²) >= 11 is 7.49. The van der Waals surface area contributed by atoms with Crippen LogP contribution in [0.4, 0.5) is 0 Å². The zero-order valence-corrected chi connectivity index (χ0v) is 12.0. The fourth-order valence-corrected chi connectivity index (χ4v) is 2.77. The highest BCUT2D eigenvalue weighted by Gasteiger charge is 2.30. The highest BCUT2D eigenvalue weighted by atomic mass is 35.5. The molecule has 1 rings (SSSR count). The number of aliphatic hydroxyl groups is 1. The number of aliphatic hydroxyl groups excluding tert-OH is 1. The quantitative estimate of drug-likeness (QED) is 0.804. The van der Waals surface area contributed by atoms with Crippen LogP contribution in [0.5, 0.6) is 0 Å². The normalized spacial score (nSPS) is 16.5. The molecular formula is C13H19ClO2S. The van der Waals surface area contributed by atoms with Crippen LogP contribution >= 0.6 is 23.4 Å². The number of hydrogen-bond donors (Lipinski definition) is 1. The molecule has 0 saturated carbocycles. The van der Waals surface area contributed by atoms with Crippen molar-refractivity contribution in [1.82, 2.24) is 0 Å². The molecule has 96 valence electrons. The molecule has 0 spiro atoms. The summed E-state index contributed by atoms with van der Waals surface area (Å²) in [4.78, 5) is 1.06. The van der Waals surface area contributed by atoms with Crippen LogP contribution in [0.15, 0.2) is 29.2 Å². The Morgan fingerprint density at radius 1 is 1.53 bits per heavy atom. The molecule has 2 atom stereocenters. The number of halogens is 1. The fraction of sp³-hybridized carbons (Fsp3) is 0.538. The van der Waals surface area contributed by atoms with E-state index in [1.165, 1.54) is 0 Å². The number of methoxy groups -OCH3 is 1. The minimum absolute atomic E-state index is 0.481. The van der Waals surface area contributed by atoms with Crippen LogP contribution < -0.4 is 0 Å². The lowest BCUT2D eigenvalue weighted by molar-refractivity contribution is -0.0820. The van der Waals surface area contributed by atoms with Crippen LogP contribution in [-0.4, -0.2) is 29.7 Å². The van der Waals surface area contributed by atoms with E-state index in [-0.39, 0.29) is 0 Å². The van der Waals surface area contributed by atoms with Gasteiger partial charge in [0, 0.05) is 22.8 Å². The molecule has 0 saturated heterocycles. The second-order valence-electron chi connectivity index (χ2n) is 4.15. The Morgan fingerprint density at radius 2 is 2.24 bits per heavy atom. The smallest absolute Gasteiger partial charge is 0.0920 e. The third-order valence-electron chi connectivity index (χ3n) is 3.08. The van der Waals surface area contributed by atoms with Gasteiger partial charge in [0.15, 0.2) is 0 Å². The van der Waals surface area contributed by atoms with Crippen molar-refractivity contribution in [3.05, 3.63) is 29.3 Å². The molecule has 0 aromatic heterocycles. The molecule has 0 aliphatic rings. The molecule has 1 aromatic carbocycles. The molecule has 0 aliphatic carbocycles. The van der Waals surface area contributed by atoms with Gasteiger partial charge in [-0.25, -0.2) is 0 Å². The summed E-state index contributed by atoms with van der Waals surface area (Å²) < 4.78 is 5.37. The summed E-state index contributed by atoms with van der Waals surface area (Å²) in [5.41, 5.74) is -0.481. The Morgan fingerprint density at radius 3 is 2.76 bits per heavy atom. The number of benzene rings is 1. The van der Waals surface area contributed by atoms with Crippen molar-refractivity contribution in [3.8, 4) is 0 Å². The second-order valence-corrected chi connectivity index (χ2v) is 5.68. The molecule has 0 amide bonds. The van der Waals surface area contributed by atoms with Gasteiger partial charge in [-0.05, 0) is 31.5 Å². The first kappa shape index (κ1) is 14.8. The Bertz CT molecular complexity index is 353. The van der Waals surface area contributed by atoms with Crippen LogP contribution in [0.3, 0.4) is 0 Å². The maximum absolute atomic E-state index is 10.1.